The molecule has 0 bridgehead atoms. The van der Waals surface area contributed by atoms with Gasteiger partial charge in [-0.3, -0.25) is 0 Å². The highest BCUT2D eigenvalue weighted by Crippen LogP contribution is 2.35. The van der Waals surface area contributed by atoms with Crippen molar-refractivity contribution in [3.8, 4) is 16.9 Å². The van der Waals surface area contributed by atoms with E-state index in [-0.39, 0.29) is 0 Å². The normalized spacial score (nSPS) is 20.1. The molecule has 1 aliphatic rings. The van der Waals surface area contributed by atoms with E-state index in [1.54, 1.807) is 0 Å². The number of hydrogen-bond acceptors (Lipinski definition) is 2. The van der Waals surface area contributed by atoms with Crippen molar-refractivity contribution >= 4 is 0 Å². The lowest BCUT2D eigenvalue weighted by molar-refractivity contribution is 0.0422. The second kappa shape index (κ2) is 10.9. The highest BCUT2D eigenvalue weighted by molar-refractivity contribution is 5.64. The van der Waals surface area contributed by atoms with E-state index in [0.717, 1.165) is 25.2 Å². The maximum atomic E-state index is 5.99. The summed E-state index contributed by atoms with van der Waals surface area (Å²) in [6.07, 6.45) is 13.4. The summed E-state index contributed by atoms with van der Waals surface area (Å²) in [6, 6.07) is 17.5. The fourth-order valence-corrected chi connectivity index (χ4v) is 3.86. The maximum absolute atomic E-state index is 5.99. The maximum Gasteiger partial charge on any atom is 0.119 e. The van der Waals surface area contributed by atoms with Crippen LogP contribution in [-0.4, -0.2) is 19.3 Å². The van der Waals surface area contributed by atoms with Gasteiger partial charge in [-0.15, -0.1) is 0 Å². The Kier molecular flexibility index (Phi) is 7.93. The van der Waals surface area contributed by atoms with Crippen LogP contribution in [0.5, 0.6) is 5.75 Å². The first-order valence-corrected chi connectivity index (χ1v) is 10.5. The average Bonchev–Trinajstić information content (AvgIpc) is 2.75. The molecule has 0 atom stereocenters. The van der Waals surface area contributed by atoms with Crippen molar-refractivity contribution in [1.29, 1.82) is 0 Å². The van der Waals surface area contributed by atoms with Gasteiger partial charge >= 0.3 is 0 Å². The fraction of sp³-hybridized carbons (Fsp3) is 0.385. The Morgan fingerprint density at radius 1 is 0.857 bits per heavy atom. The molecule has 2 nitrogen and oxygen atoms in total. The van der Waals surface area contributed by atoms with Gasteiger partial charge < -0.3 is 9.47 Å². The van der Waals surface area contributed by atoms with Crippen LogP contribution in [0.25, 0.3) is 11.1 Å². The van der Waals surface area contributed by atoms with E-state index >= 15 is 0 Å². The van der Waals surface area contributed by atoms with E-state index in [0.29, 0.717) is 18.6 Å². The molecule has 28 heavy (non-hydrogen) atoms. The molecule has 0 aliphatic heterocycles. The van der Waals surface area contributed by atoms with Gasteiger partial charge in [0, 0.05) is 0 Å². The lowest BCUT2D eigenvalue weighted by Crippen LogP contribution is -2.20. The number of rotatable bonds is 8. The molecule has 1 fully saturated rings. The molecule has 1 saturated carbocycles. The third-order valence-electron chi connectivity index (χ3n) is 5.42. The van der Waals surface area contributed by atoms with Gasteiger partial charge in [-0.25, -0.2) is 0 Å². The lowest BCUT2D eigenvalue weighted by Gasteiger charge is -2.28. The van der Waals surface area contributed by atoms with Crippen LogP contribution >= 0.6 is 0 Å². The molecule has 148 valence electrons. The Morgan fingerprint density at radius 3 is 2.11 bits per heavy atom. The topological polar surface area (TPSA) is 18.5 Å². The lowest BCUT2D eigenvalue weighted by atomic mass is 9.82. The van der Waals surface area contributed by atoms with Gasteiger partial charge in [-0.05, 0) is 74.3 Å². The molecule has 0 N–H and O–H groups in total. The van der Waals surface area contributed by atoms with Crippen LogP contribution in [0.15, 0.2) is 72.8 Å². The molecular formula is C26H32O2. The summed E-state index contributed by atoms with van der Waals surface area (Å²) >= 11 is 0. The predicted octanol–water partition coefficient (Wildman–Crippen LogP) is 6.93. The molecular weight excluding hydrogens is 344 g/mol. The number of hydrogen-bond donors (Lipinski definition) is 0. The van der Waals surface area contributed by atoms with E-state index in [4.69, 9.17) is 9.47 Å². The van der Waals surface area contributed by atoms with E-state index in [1.165, 1.54) is 29.5 Å². The second-order valence-electron chi connectivity index (χ2n) is 7.34. The fourth-order valence-electron chi connectivity index (χ4n) is 3.86. The Bertz CT molecular complexity index is 748. The van der Waals surface area contributed by atoms with Crippen molar-refractivity contribution in [2.45, 2.75) is 51.6 Å². The smallest absolute Gasteiger partial charge is 0.119 e. The predicted molar refractivity (Wildman–Crippen MR) is 118 cm³/mol. The van der Waals surface area contributed by atoms with Crippen molar-refractivity contribution in [2.75, 3.05) is 13.2 Å². The average molecular weight is 377 g/mol. The Labute approximate surface area is 169 Å². The number of ether oxygens (including phenoxy) is 2. The summed E-state index contributed by atoms with van der Waals surface area (Å²) < 4.78 is 11.5. The van der Waals surface area contributed by atoms with Gasteiger partial charge in [0.25, 0.3) is 0 Å². The molecule has 0 radical (unpaired) electrons. The Balaban J connectivity index is 1.50. The van der Waals surface area contributed by atoms with E-state index in [9.17, 15) is 0 Å². The van der Waals surface area contributed by atoms with Crippen LogP contribution in [0.3, 0.4) is 0 Å². The molecule has 2 aromatic carbocycles. The van der Waals surface area contributed by atoms with Crippen LogP contribution in [0.4, 0.5) is 0 Å². The van der Waals surface area contributed by atoms with Crippen molar-refractivity contribution in [3.63, 3.8) is 0 Å². The van der Waals surface area contributed by atoms with Crippen LogP contribution in [0.2, 0.25) is 0 Å². The molecule has 2 aromatic rings. The van der Waals surface area contributed by atoms with Gasteiger partial charge in [0.15, 0.2) is 0 Å². The largest absolute Gasteiger partial charge is 0.494 e. The molecule has 0 unspecified atom stereocenters. The van der Waals surface area contributed by atoms with Gasteiger partial charge in [-0.2, -0.15) is 0 Å². The molecule has 0 aromatic heterocycles. The molecule has 3 rings (SSSR count). The van der Waals surface area contributed by atoms with Crippen LogP contribution in [0.1, 0.15) is 51.0 Å². The van der Waals surface area contributed by atoms with Crippen molar-refractivity contribution < 1.29 is 9.47 Å². The van der Waals surface area contributed by atoms with Gasteiger partial charge in [0.2, 0.25) is 0 Å². The highest BCUT2D eigenvalue weighted by atomic mass is 16.5. The second-order valence-corrected chi connectivity index (χ2v) is 7.34. The van der Waals surface area contributed by atoms with Crippen molar-refractivity contribution in [3.05, 3.63) is 78.4 Å². The van der Waals surface area contributed by atoms with Crippen LogP contribution < -0.4 is 4.74 Å². The molecule has 2 heteroatoms. The molecule has 0 heterocycles. The molecule has 0 amide bonds. The summed E-state index contributed by atoms with van der Waals surface area (Å²) in [5.74, 6) is 1.59. The summed E-state index contributed by atoms with van der Waals surface area (Å²) in [5, 5.41) is 0. The summed E-state index contributed by atoms with van der Waals surface area (Å²) in [5.41, 5.74) is 3.95. The highest BCUT2D eigenvalue weighted by Gasteiger charge is 2.22. The van der Waals surface area contributed by atoms with E-state index < -0.39 is 0 Å². The van der Waals surface area contributed by atoms with Crippen molar-refractivity contribution in [2.24, 2.45) is 0 Å². The molecule has 1 aliphatic carbocycles. The minimum atomic E-state index is 0.412. The Morgan fingerprint density at radius 2 is 1.50 bits per heavy atom. The first kappa shape index (κ1) is 20.4. The summed E-state index contributed by atoms with van der Waals surface area (Å²) in [6.45, 7) is 5.45. The first-order valence-electron chi connectivity index (χ1n) is 10.5. The number of benzene rings is 2. The van der Waals surface area contributed by atoms with E-state index in [1.807, 2.05) is 38.1 Å². The summed E-state index contributed by atoms with van der Waals surface area (Å²) in [4.78, 5) is 0. The zero-order valence-electron chi connectivity index (χ0n) is 17.1. The van der Waals surface area contributed by atoms with Gasteiger partial charge in [0.1, 0.15) is 5.75 Å². The zero-order chi connectivity index (χ0) is 19.6. The SMILES string of the molecule is C/C=C/C=C/COC1CCC(c2ccc(-c3ccc(OCC)cc3)cc2)CC1. The Hall–Kier alpha value is -2.32. The summed E-state index contributed by atoms with van der Waals surface area (Å²) in [7, 11) is 0. The van der Waals surface area contributed by atoms with E-state index in [2.05, 4.69) is 48.6 Å². The first-order chi connectivity index (χ1) is 13.8. The minimum Gasteiger partial charge on any atom is -0.494 e. The van der Waals surface area contributed by atoms with Crippen LogP contribution in [0, 0.1) is 0 Å². The molecule has 0 spiro atoms. The number of allylic oxidation sites excluding steroid dienone is 3. The van der Waals surface area contributed by atoms with Crippen LogP contribution in [-0.2, 0) is 4.74 Å². The van der Waals surface area contributed by atoms with Gasteiger partial charge in [0.05, 0.1) is 19.3 Å². The standard InChI is InChI=1S/C26H32O2/c1-3-5-6-7-20-28-26-18-14-24(15-19-26)22-10-8-21(9-11-22)23-12-16-25(17-13-23)27-4-2/h3,5-13,16-17,24,26H,4,14-15,18-20H2,1-2H3/b5-3+,7-6+. The quantitative estimate of drug-likeness (QED) is 0.465. The monoisotopic (exact) mass is 376 g/mol. The third kappa shape index (κ3) is 5.84. The van der Waals surface area contributed by atoms with Gasteiger partial charge in [-0.1, -0.05) is 60.7 Å². The molecule has 0 saturated heterocycles. The van der Waals surface area contributed by atoms with Crippen molar-refractivity contribution in [1.82, 2.24) is 0 Å². The third-order valence-corrected chi connectivity index (χ3v) is 5.42. The zero-order valence-corrected chi connectivity index (χ0v) is 17.1. The minimum absolute atomic E-state index is 0.412.